The van der Waals surface area contributed by atoms with Crippen LogP contribution >= 0.6 is 0 Å². The van der Waals surface area contributed by atoms with Gasteiger partial charge in [0.05, 0.1) is 0 Å². The summed E-state index contributed by atoms with van der Waals surface area (Å²) in [5.74, 6) is 1.40. The van der Waals surface area contributed by atoms with Crippen molar-refractivity contribution in [1.29, 1.82) is 0 Å². The van der Waals surface area contributed by atoms with E-state index in [1.807, 2.05) is 55.5 Å². The first kappa shape index (κ1) is 14.1. The molecule has 0 saturated carbocycles. The van der Waals surface area contributed by atoms with E-state index in [0.29, 0.717) is 6.42 Å². The van der Waals surface area contributed by atoms with Crippen molar-refractivity contribution in [3.63, 3.8) is 0 Å². The molecule has 0 radical (unpaired) electrons. The van der Waals surface area contributed by atoms with Crippen molar-refractivity contribution >= 4 is 5.91 Å². The van der Waals surface area contributed by atoms with Crippen molar-refractivity contribution in [2.45, 2.75) is 26.2 Å². The lowest BCUT2D eigenvalue weighted by molar-refractivity contribution is -0.118. The largest absolute Gasteiger partial charge is 0.457 e. The van der Waals surface area contributed by atoms with E-state index in [9.17, 15) is 4.79 Å². The molecular weight excluding hydrogens is 250 g/mol. The smallest absolute Gasteiger partial charge is 0.217 e. The Labute approximate surface area is 119 Å². The zero-order chi connectivity index (χ0) is 14.4. The quantitative estimate of drug-likeness (QED) is 0.871. The fraction of sp³-hybridized carbons (Fsp3) is 0.235. The Balaban J connectivity index is 1.91. The van der Waals surface area contributed by atoms with Gasteiger partial charge in [-0.25, -0.2) is 0 Å². The Morgan fingerprint density at radius 1 is 1.00 bits per heavy atom. The third-order valence-corrected chi connectivity index (χ3v) is 3.07. The van der Waals surface area contributed by atoms with Crippen molar-refractivity contribution in [3.05, 3.63) is 59.7 Å². The van der Waals surface area contributed by atoms with Crippen molar-refractivity contribution in [3.8, 4) is 11.5 Å². The maximum absolute atomic E-state index is 10.7. The summed E-state index contributed by atoms with van der Waals surface area (Å²) in [6, 6.07) is 15.9. The van der Waals surface area contributed by atoms with Gasteiger partial charge in [-0.1, -0.05) is 29.8 Å². The Morgan fingerprint density at radius 2 is 1.55 bits per heavy atom. The van der Waals surface area contributed by atoms with Crippen LogP contribution in [0.15, 0.2) is 48.5 Å². The number of amides is 1. The second kappa shape index (κ2) is 6.75. The number of rotatable bonds is 6. The summed E-state index contributed by atoms with van der Waals surface area (Å²) < 4.78 is 5.76. The number of primary amides is 1. The molecule has 0 spiro atoms. The number of nitrogens with two attached hydrogens (primary N) is 1. The molecule has 0 atom stereocenters. The first-order chi connectivity index (χ1) is 9.63. The van der Waals surface area contributed by atoms with Gasteiger partial charge in [0.25, 0.3) is 0 Å². The van der Waals surface area contributed by atoms with E-state index in [4.69, 9.17) is 10.5 Å². The summed E-state index contributed by atoms with van der Waals surface area (Å²) in [5.41, 5.74) is 7.51. The minimum absolute atomic E-state index is 0.246. The van der Waals surface area contributed by atoms with Crippen molar-refractivity contribution < 1.29 is 9.53 Å². The number of hydrogen-bond acceptors (Lipinski definition) is 2. The Morgan fingerprint density at radius 3 is 2.10 bits per heavy atom. The standard InChI is InChI=1S/C17H19NO2/c1-13-5-9-15(10-6-13)20-16-11-7-14(8-12-16)3-2-4-17(18)19/h5-12H,2-4H2,1H3,(H2,18,19). The lowest BCUT2D eigenvalue weighted by atomic mass is 10.1. The lowest BCUT2D eigenvalue weighted by Crippen LogP contribution is -2.10. The fourth-order valence-electron chi connectivity index (χ4n) is 1.93. The minimum atomic E-state index is -0.246. The summed E-state index contributed by atoms with van der Waals surface area (Å²) in [6.07, 6.45) is 2.07. The van der Waals surface area contributed by atoms with Gasteiger partial charge < -0.3 is 10.5 Å². The van der Waals surface area contributed by atoms with Crippen molar-refractivity contribution in [2.75, 3.05) is 0 Å². The van der Waals surface area contributed by atoms with Gasteiger partial charge in [0.2, 0.25) is 5.91 Å². The molecule has 0 unspecified atom stereocenters. The van der Waals surface area contributed by atoms with Crippen LogP contribution in [0.25, 0.3) is 0 Å². The topological polar surface area (TPSA) is 52.3 Å². The SMILES string of the molecule is Cc1ccc(Oc2ccc(CCCC(N)=O)cc2)cc1. The van der Waals surface area contributed by atoms with E-state index in [1.165, 1.54) is 11.1 Å². The van der Waals surface area contributed by atoms with E-state index in [-0.39, 0.29) is 5.91 Å². The van der Waals surface area contributed by atoms with E-state index in [1.54, 1.807) is 0 Å². The highest BCUT2D eigenvalue weighted by atomic mass is 16.5. The van der Waals surface area contributed by atoms with Gasteiger partial charge in [-0.2, -0.15) is 0 Å². The molecule has 3 nitrogen and oxygen atoms in total. The molecule has 104 valence electrons. The van der Waals surface area contributed by atoms with Crippen molar-refractivity contribution in [1.82, 2.24) is 0 Å². The van der Waals surface area contributed by atoms with Crippen LogP contribution in [-0.4, -0.2) is 5.91 Å². The molecular formula is C17H19NO2. The zero-order valence-corrected chi connectivity index (χ0v) is 11.6. The van der Waals surface area contributed by atoms with Crippen LogP contribution in [0.5, 0.6) is 11.5 Å². The molecule has 0 aliphatic heterocycles. The van der Waals surface area contributed by atoms with Crippen LogP contribution in [0.3, 0.4) is 0 Å². The molecule has 0 heterocycles. The first-order valence-electron chi connectivity index (χ1n) is 6.75. The summed E-state index contributed by atoms with van der Waals surface area (Å²) in [5, 5.41) is 0. The van der Waals surface area contributed by atoms with Gasteiger partial charge in [-0.3, -0.25) is 4.79 Å². The molecule has 2 aromatic carbocycles. The predicted molar refractivity (Wildman–Crippen MR) is 79.8 cm³/mol. The number of carbonyl (C=O) groups is 1. The maximum Gasteiger partial charge on any atom is 0.217 e. The average molecular weight is 269 g/mol. The number of aryl methyl sites for hydroxylation is 2. The third kappa shape index (κ3) is 4.43. The van der Waals surface area contributed by atoms with Gasteiger partial charge in [0, 0.05) is 6.42 Å². The minimum Gasteiger partial charge on any atom is -0.457 e. The summed E-state index contributed by atoms with van der Waals surface area (Å²) in [7, 11) is 0. The molecule has 0 bridgehead atoms. The second-order valence-electron chi connectivity index (χ2n) is 4.88. The fourth-order valence-corrected chi connectivity index (χ4v) is 1.93. The highest BCUT2D eigenvalue weighted by Gasteiger charge is 2.00. The number of carbonyl (C=O) groups excluding carboxylic acids is 1. The average Bonchev–Trinajstić information content (AvgIpc) is 2.43. The monoisotopic (exact) mass is 269 g/mol. The molecule has 20 heavy (non-hydrogen) atoms. The normalized spacial score (nSPS) is 10.2. The zero-order valence-electron chi connectivity index (χ0n) is 11.6. The summed E-state index contributed by atoms with van der Waals surface area (Å²) in [6.45, 7) is 2.05. The molecule has 0 saturated heterocycles. The molecule has 1 amide bonds. The Hall–Kier alpha value is -2.29. The van der Waals surface area contributed by atoms with E-state index in [2.05, 4.69) is 0 Å². The van der Waals surface area contributed by atoms with Gasteiger partial charge in [-0.15, -0.1) is 0 Å². The van der Waals surface area contributed by atoms with Gasteiger partial charge in [-0.05, 0) is 49.6 Å². The molecule has 3 heteroatoms. The maximum atomic E-state index is 10.7. The highest BCUT2D eigenvalue weighted by Crippen LogP contribution is 2.22. The second-order valence-corrected chi connectivity index (χ2v) is 4.88. The van der Waals surface area contributed by atoms with Crippen LogP contribution in [-0.2, 0) is 11.2 Å². The Bertz CT molecular complexity index is 559. The highest BCUT2D eigenvalue weighted by molar-refractivity contribution is 5.73. The number of hydrogen-bond donors (Lipinski definition) is 1. The number of ether oxygens (including phenoxy) is 1. The van der Waals surface area contributed by atoms with Crippen molar-refractivity contribution in [2.24, 2.45) is 5.73 Å². The molecule has 0 aliphatic rings. The predicted octanol–water partition coefficient (Wildman–Crippen LogP) is 3.60. The van der Waals surface area contributed by atoms with Crippen LogP contribution in [0.1, 0.15) is 24.0 Å². The molecule has 2 N–H and O–H groups in total. The molecule has 2 aromatic rings. The van der Waals surface area contributed by atoms with E-state index < -0.39 is 0 Å². The van der Waals surface area contributed by atoms with E-state index in [0.717, 1.165) is 24.3 Å². The summed E-state index contributed by atoms with van der Waals surface area (Å²) in [4.78, 5) is 10.7. The van der Waals surface area contributed by atoms with E-state index >= 15 is 0 Å². The van der Waals surface area contributed by atoms with Crippen LogP contribution < -0.4 is 10.5 Å². The van der Waals surface area contributed by atoms with Gasteiger partial charge >= 0.3 is 0 Å². The van der Waals surface area contributed by atoms with Crippen LogP contribution in [0.4, 0.5) is 0 Å². The molecule has 2 rings (SSSR count). The first-order valence-corrected chi connectivity index (χ1v) is 6.75. The Kier molecular flexibility index (Phi) is 4.77. The molecule has 0 fully saturated rings. The third-order valence-electron chi connectivity index (χ3n) is 3.07. The summed E-state index contributed by atoms with van der Waals surface area (Å²) >= 11 is 0. The molecule has 0 aromatic heterocycles. The van der Waals surface area contributed by atoms with Crippen LogP contribution in [0, 0.1) is 6.92 Å². The van der Waals surface area contributed by atoms with Gasteiger partial charge in [0.15, 0.2) is 0 Å². The van der Waals surface area contributed by atoms with Gasteiger partial charge in [0.1, 0.15) is 11.5 Å². The lowest BCUT2D eigenvalue weighted by Gasteiger charge is -2.07. The number of benzene rings is 2. The molecule has 0 aliphatic carbocycles. The van der Waals surface area contributed by atoms with Crippen LogP contribution in [0.2, 0.25) is 0 Å².